The van der Waals surface area contributed by atoms with E-state index in [1.54, 1.807) is 4.52 Å². The Morgan fingerprint density at radius 2 is 1.73 bits per heavy atom. The zero-order valence-corrected chi connectivity index (χ0v) is 17.1. The maximum absolute atomic E-state index is 12.3. The lowest BCUT2D eigenvalue weighted by molar-refractivity contribution is -0.113. The van der Waals surface area contributed by atoms with Gasteiger partial charge in [-0.1, -0.05) is 42.1 Å². The molecule has 2 aromatic carbocycles. The smallest absolute Gasteiger partial charge is 0.238 e. The molecule has 4 rings (SSSR count). The van der Waals surface area contributed by atoms with Gasteiger partial charge in [-0.05, 0) is 36.4 Å². The van der Waals surface area contributed by atoms with Crippen molar-refractivity contribution in [2.45, 2.75) is 10.1 Å². The van der Waals surface area contributed by atoms with Crippen molar-refractivity contribution in [2.75, 3.05) is 11.1 Å². The monoisotopic (exact) mass is 440 g/mol. The first-order valence-electron chi connectivity index (χ1n) is 8.73. The van der Waals surface area contributed by atoms with E-state index in [1.165, 1.54) is 36.0 Å². The summed E-state index contributed by atoms with van der Waals surface area (Å²) in [6.07, 6.45) is 0. The maximum Gasteiger partial charge on any atom is 0.238 e. The molecule has 30 heavy (non-hydrogen) atoms. The Labute approximate surface area is 176 Å². The topological polar surface area (TPSA) is 132 Å². The molecule has 0 atom stereocenters. The summed E-state index contributed by atoms with van der Waals surface area (Å²) >= 11 is 1.19. The van der Waals surface area contributed by atoms with Crippen LogP contribution < -0.4 is 10.5 Å². The summed E-state index contributed by atoms with van der Waals surface area (Å²) in [5.74, 6) is -0.200. The third-order valence-corrected chi connectivity index (χ3v) is 5.95. The summed E-state index contributed by atoms with van der Waals surface area (Å²) in [6, 6.07) is 19.0. The molecule has 0 saturated heterocycles. The minimum atomic E-state index is -3.77. The standard InChI is InChI=1S/C19H16N6O3S2/c20-30(27,28)15-8-6-14(7-9-15)21-18(26)12-29-19-23-22-17-11-10-16(24-25(17)19)13-4-2-1-3-5-13/h1-11H,12H2,(H,21,26)(H2,20,27,28). The second-order valence-corrected chi connectivity index (χ2v) is 8.75. The zero-order chi connectivity index (χ0) is 21.1. The molecular formula is C19H16N6O3S2. The summed E-state index contributed by atoms with van der Waals surface area (Å²) in [5, 5.41) is 21.0. The van der Waals surface area contributed by atoms with Crippen molar-refractivity contribution in [3.8, 4) is 11.3 Å². The molecule has 0 radical (unpaired) electrons. The highest BCUT2D eigenvalue weighted by Gasteiger charge is 2.12. The number of carbonyl (C=O) groups excluding carboxylic acids is 1. The molecule has 1 amide bonds. The number of nitrogens with two attached hydrogens (primary N) is 1. The third kappa shape index (κ3) is 4.48. The molecular weight excluding hydrogens is 424 g/mol. The SMILES string of the molecule is NS(=O)(=O)c1ccc(NC(=O)CSc2nnc3ccc(-c4ccccc4)nn23)cc1. The number of aromatic nitrogens is 4. The molecule has 9 nitrogen and oxygen atoms in total. The molecule has 152 valence electrons. The lowest BCUT2D eigenvalue weighted by Gasteiger charge is -2.06. The Hall–Kier alpha value is -3.28. The Bertz CT molecular complexity index is 1310. The molecule has 0 aliphatic rings. The van der Waals surface area contributed by atoms with Crippen molar-refractivity contribution in [3.05, 3.63) is 66.7 Å². The first-order chi connectivity index (χ1) is 14.4. The van der Waals surface area contributed by atoms with Crippen molar-refractivity contribution in [1.82, 2.24) is 19.8 Å². The molecule has 4 aromatic rings. The van der Waals surface area contributed by atoms with Gasteiger partial charge in [0.05, 0.1) is 16.3 Å². The number of anilines is 1. The fraction of sp³-hybridized carbons (Fsp3) is 0.0526. The fourth-order valence-electron chi connectivity index (χ4n) is 2.68. The highest BCUT2D eigenvalue weighted by Crippen LogP contribution is 2.21. The second kappa shape index (κ2) is 8.22. The van der Waals surface area contributed by atoms with Crippen molar-refractivity contribution in [3.63, 3.8) is 0 Å². The molecule has 3 N–H and O–H groups in total. The zero-order valence-electron chi connectivity index (χ0n) is 15.5. The van der Waals surface area contributed by atoms with Gasteiger partial charge in [0.2, 0.25) is 21.1 Å². The Kier molecular flexibility index (Phi) is 5.48. The van der Waals surface area contributed by atoms with Crippen LogP contribution in [0, 0.1) is 0 Å². The molecule has 11 heteroatoms. The summed E-state index contributed by atoms with van der Waals surface area (Å²) < 4.78 is 24.2. The van der Waals surface area contributed by atoms with E-state index < -0.39 is 10.0 Å². The summed E-state index contributed by atoms with van der Waals surface area (Å²) in [6.45, 7) is 0. The number of hydrogen-bond acceptors (Lipinski definition) is 7. The number of nitrogens with zero attached hydrogens (tertiary/aromatic N) is 4. The van der Waals surface area contributed by atoms with E-state index in [0.29, 0.717) is 16.5 Å². The number of rotatable bonds is 6. The van der Waals surface area contributed by atoms with Crippen LogP contribution in [0.15, 0.2) is 76.8 Å². The number of carbonyl (C=O) groups is 1. The largest absolute Gasteiger partial charge is 0.325 e. The average molecular weight is 441 g/mol. The van der Waals surface area contributed by atoms with Crippen molar-refractivity contribution < 1.29 is 13.2 Å². The van der Waals surface area contributed by atoms with Gasteiger partial charge >= 0.3 is 0 Å². The van der Waals surface area contributed by atoms with Crippen LogP contribution in [0.5, 0.6) is 0 Å². The molecule has 0 saturated carbocycles. The average Bonchev–Trinajstić information content (AvgIpc) is 3.15. The van der Waals surface area contributed by atoms with Gasteiger partial charge < -0.3 is 5.32 Å². The van der Waals surface area contributed by atoms with Crippen molar-refractivity contribution in [2.24, 2.45) is 5.14 Å². The van der Waals surface area contributed by atoms with E-state index in [2.05, 4.69) is 20.6 Å². The number of hydrogen-bond donors (Lipinski definition) is 2. The van der Waals surface area contributed by atoms with Gasteiger partial charge in [0.1, 0.15) is 0 Å². The number of benzene rings is 2. The van der Waals surface area contributed by atoms with E-state index in [0.717, 1.165) is 11.3 Å². The lowest BCUT2D eigenvalue weighted by Crippen LogP contribution is -2.15. The Morgan fingerprint density at radius 3 is 2.43 bits per heavy atom. The van der Waals surface area contributed by atoms with Crippen LogP contribution in [0.4, 0.5) is 5.69 Å². The molecule has 0 bridgehead atoms. The van der Waals surface area contributed by atoms with Crippen LogP contribution in [-0.2, 0) is 14.8 Å². The molecule has 0 fully saturated rings. The van der Waals surface area contributed by atoms with Gasteiger partial charge in [0.25, 0.3) is 0 Å². The van der Waals surface area contributed by atoms with E-state index in [4.69, 9.17) is 5.14 Å². The van der Waals surface area contributed by atoms with E-state index >= 15 is 0 Å². The van der Waals surface area contributed by atoms with Crippen LogP contribution in [0.25, 0.3) is 16.9 Å². The maximum atomic E-state index is 12.3. The number of primary sulfonamides is 1. The molecule has 0 spiro atoms. The number of fused-ring (bicyclic) bond motifs is 1. The minimum absolute atomic E-state index is 0.0231. The van der Waals surface area contributed by atoms with Crippen molar-refractivity contribution in [1.29, 1.82) is 0 Å². The first kappa shape index (κ1) is 20.0. The Morgan fingerprint density at radius 1 is 1.00 bits per heavy atom. The summed E-state index contributed by atoms with van der Waals surface area (Å²) in [4.78, 5) is 12.2. The van der Waals surface area contributed by atoms with Crippen LogP contribution in [0.1, 0.15) is 0 Å². The summed E-state index contributed by atoms with van der Waals surface area (Å²) in [7, 11) is -3.77. The number of sulfonamides is 1. The number of nitrogens with one attached hydrogen (secondary N) is 1. The molecule has 0 aliphatic heterocycles. The van der Waals surface area contributed by atoms with Crippen LogP contribution >= 0.6 is 11.8 Å². The number of thioether (sulfide) groups is 1. The van der Waals surface area contributed by atoms with E-state index in [9.17, 15) is 13.2 Å². The van der Waals surface area contributed by atoms with Crippen LogP contribution in [0.3, 0.4) is 0 Å². The van der Waals surface area contributed by atoms with Crippen LogP contribution in [0.2, 0.25) is 0 Å². The van der Waals surface area contributed by atoms with Gasteiger partial charge in [-0.25, -0.2) is 13.6 Å². The highest BCUT2D eigenvalue weighted by atomic mass is 32.2. The van der Waals surface area contributed by atoms with Gasteiger partial charge in [-0.15, -0.1) is 10.2 Å². The summed E-state index contributed by atoms with van der Waals surface area (Å²) in [5.41, 5.74) is 2.77. The normalized spacial score (nSPS) is 11.5. The minimum Gasteiger partial charge on any atom is -0.325 e. The fourth-order valence-corrected chi connectivity index (χ4v) is 3.88. The van der Waals surface area contributed by atoms with Gasteiger partial charge in [0, 0.05) is 11.3 Å². The quantitative estimate of drug-likeness (QED) is 0.439. The first-order valence-corrected chi connectivity index (χ1v) is 11.3. The van der Waals surface area contributed by atoms with Gasteiger partial charge in [-0.2, -0.15) is 9.61 Å². The predicted molar refractivity (Wildman–Crippen MR) is 113 cm³/mol. The molecule has 0 unspecified atom stereocenters. The van der Waals surface area contributed by atoms with Crippen molar-refractivity contribution >= 4 is 39.0 Å². The highest BCUT2D eigenvalue weighted by molar-refractivity contribution is 7.99. The lowest BCUT2D eigenvalue weighted by atomic mass is 10.1. The van der Waals surface area contributed by atoms with E-state index in [1.807, 2.05) is 42.5 Å². The van der Waals surface area contributed by atoms with Crippen LogP contribution in [-0.4, -0.2) is 39.9 Å². The molecule has 2 heterocycles. The Balaban J connectivity index is 1.45. The third-order valence-electron chi connectivity index (χ3n) is 4.10. The van der Waals surface area contributed by atoms with Gasteiger partial charge in [-0.3, -0.25) is 4.79 Å². The number of amides is 1. The second-order valence-electron chi connectivity index (χ2n) is 6.24. The predicted octanol–water partition coefficient (Wildman–Crippen LogP) is 2.17. The van der Waals surface area contributed by atoms with E-state index in [-0.39, 0.29) is 16.6 Å². The molecule has 0 aliphatic carbocycles. The van der Waals surface area contributed by atoms with Gasteiger partial charge in [0.15, 0.2) is 5.65 Å². The molecule has 2 aromatic heterocycles.